The van der Waals surface area contributed by atoms with Gasteiger partial charge in [-0.05, 0) is 46.8 Å². The van der Waals surface area contributed by atoms with Gasteiger partial charge >= 0.3 is 12.1 Å². The second-order valence-electron chi connectivity index (χ2n) is 8.14. The molecule has 1 saturated heterocycles. The summed E-state index contributed by atoms with van der Waals surface area (Å²) >= 11 is 1.17. The fourth-order valence-corrected chi connectivity index (χ4v) is 3.98. The highest BCUT2D eigenvalue weighted by Gasteiger charge is 2.27. The van der Waals surface area contributed by atoms with Crippen LogP contribution in [0.2, 0.25) is 0 Å². The number of thiazole rings is 1. The molecular formula is C22H29N3O5S. The Morgan fingerprint density at radius 3 is 2.45 bits per heavy atom. The van der Waals surface area contributed by atoms with Crippen LogP contribution in [0.1, 0.15) is 43.1 Å². The van der Waals surface area contributed by atoms with E-state index in [1.807, 2.05) is 45.0 Å². The van der Waals surface area contributed by atoms with Crippen molar-refractivity contribution in [1.82, 2.24) is 9.88 Å². The molecule has 0 aliphatic carbocycles. The summed E-state index contributed by atoms with van der Waals surface area (Å²) in [5, 5.41) is 0.389. The van der Waals surface area contributed by atoms with E-state index in [2.05, 4.69) is 9.88 Å². The van der Waals surface area contributed by atoms with Gasteiger partial charge in [-0.2, -0.15) is 0 Å². The number of hydrogen-bond donors (Lipinski definition) is 0. The van der Waals surface area contributed by atoms with Crippen LogP contribution >= 0.6 is 11.3 Å². The lowest BCUT2D eigenvalue weighted by Crippen LogP contribution is -2.50. The lowest BCUT2D eigenvalue weighted by atomic mass is 10.2. The van der Waals surface area contributed by atoms with Crippen molar-refractivity contribution < 1.29 is 23.8 Å². The van der Waals surface area contributed by atoms with Gasteiger partial charge in [0.25, 0.3) is 5.19 Å². The Kier molecular flexibility index (Phi) is 7.04. The van der Waals surface area contributed by atoms with Crippen LogP contribution in [0.3, 0.4) is 0 Å². The predicted octanol–water partition coefficient (Wildman–Crippen LogP) is 4.48. The average molecular weight is 448 g/mol. The molecule has 1 aliphatic heterocycles. The Morgan fingerprint density at radius 1 is 1.13 bits per heavy atom. The fraction of sp³-hybridized carbons (Fsp3) is 0.500. The normalized spacial score (nSPS) is 14.4. The van der Waals surface area contributed by atoms with Crippen LogP contribution in [0, 0.1) is 6.92 Å². The van der Waals surface area contributed by atoms with Crippen LogP contribution < -0.4 is 9.64 Å². The number of nitrogens with zero attached hydrogens (tertiary/aromatic N) is 3. The maximum atomic E-state index is 12.3. The van der Waals surface area contributed by atoms with Gasteiger partial charge in [0.2, 0.25) is 0 Å². The van der Waals surface area contributed by atoms with Crippen LogP contribution in [-0.2, 0) is 9.47 Å². The lowest BCUT2D eigenvalue weighted by Gasteiger charge is -2.37. The van der Waals surface area contributed by atoms with Crippen molar-refractivity contribution in [2.45, 2.75) is 40.2 Å². The summed E-state index contributed by atoms with van der Waals surface area (Å²) in [5.74, 6) is 0.260. The molecule has 168 valence electrons. The summed E-state index contributed by atoms with van der Waals surface area (Å²) < 4.78 is 16.6. The summed E-state index contributed by atoms with van der Waals surface area (Å²) in [4.78, 5) is 33.1. The second-order valence-corrected chi connectivity index (χ2v) is 9.10. The van der Waals surface area contributed by atoms with Crippen molar-refractivity contribution in [3.05, 3.63) is 34.8 Å². The molecule has 1 aromatic heterocycles. The molecule has 1 aromatic carbocycles. The Hall–Kier alpha value is -2.81. The summed E-state index contributed by atoms with van der Waals surface area (Å²) in [6, 6.07) is 7.68. The maximum Gasteiger partial charge on any atom is 0.410 e. The van der Waals surface area contributed by atoms with Crippen molar-refractivity contribution in [3.8, 4) is 10.9 Å². The summed E-state index contributed by atoms with van der Waals surface area (Å²) in [6.45, 7) is 11.9. The molecule has 1 fully saturated rings. The molecule has 0 radical (unpaired) electrons. The molecule has 8 nitrogen and oxygen atoms in total. The third kappa shape index (κ3) is 5.88. The van der Waals surface area contributed by atoms with Gasteiger partial charge in [0, 0.05) is 26.2 Å². The number of benzene rings is 1. The zero-order valence-corrected chi connectivity index (χ0v) is 19.5. The molecule has 3 rings (SSSR count). The number of rotatable bonds is 5. The molecule has 0 saturated carbocycles. The SMILES string of the molecule is CCOC(=O)c1sc(Oc2ccccc2N2CCN(C(=O)OC(C)(C)C)CC2)nc1C. The average Bonchev–Trinajstić information content (AvgIpc) is 3.07. The molecular weight excluding hydrogens is 418 g/mol. The molecule has 9 heteroatoms. The number of amides is 1. The first-order valence-electron chi connectivity index (χ1n) is 10.3. The highest BCUT2D eigenvalue weighted by atomic mass is 32.1. The maximum absolute atomic E-state index is 12.3. The largest absolute Gasteiger partial charge is 0.462 e. The van der Waals surface area contributed by atoms with Crippen LogP contribution in [0.4, 0.5) is 10.5 Å². The van der Waals surface area contributed by atoms with Crippen molar-refractivity contribution in [1.29, 1.82) is 0 Å². The highest BCUT2D eigenvalue weighted by molar-refractivity contribution is 7.15. The van der Waals surface area contributed by atoms with Crippen molar-refractivity contribution in [3.63, 3.8) is 0 Å². The number of anilines is 1. The molecule has 1 aliphatic rings. The molecule has 2 heterocycles. The first-order chi connectivity index (χ1) is 14.7. The summed E-state index contributed by atoms with van der Waals surface area (Å²) in [5.41, 5.74) is 0.988. The van der Waals surface area contributed by atoms with Gasteiger partial charge in [0.1, 0.15) is 10.5 Å². The van der Waals surface area contributed by atoms with E-state index in [9.17, 15) is 9.59 Å². The summed E-state index contributed by atoms with van der Waals surface area (Å²) in [7, 11) is 0. The molecule has 0 atom stereocenters. The van der Waals surface area contributed by atoms with Crippen molar-refractivity contribution in [2.75, 3.05) is 37.7 Å². The second kappa shape index (κ2) is 9.55. The third-order valence-electron chi connectivity index (χ3n) is 4.57. The Balaban J connectivity index is 1.69. The fourth-order valence-electron chi connectivity index (χ4n) is 3.16. The quantitative estimate of drug-likeness (QED) is 0.625. The minimum atomic E-state index is -0.511. The molecule has 31 heavy (non-hydrogen) atoms. The monoisotopic (exact) mass is 447 g/mol. The number of para-hydroxylation sites is 2. The van der Waals surface area contributed by atoms with E-state index in [4.69, 9.17) is 14.2 Å². The van der Waals surface area contributed by atoms with E-state index in [1.54, 1.807) is 18.7 Å². The van der Waals surface area contributed by atoms with Gasteiger partial charge in [-0.15, -0.1) is 0 Å². The van der Waals surface area contributed by atoms with Gasteiger partial charge < -0.3 is 24.0 Å². The minimum Gasteiger partial charge on any atom is -0.462 e. The Bertz CT molecular complexity index is 929. The molecule has 0 unspecified atom stereocenters. The topological polar surface area (TPSA) is 81.2 Å². The van der Waals surface area contributed by atoms with Crippen LogP contribution in [0.15, 0.2) is 24.3 Å². The number of carbonyl (C=O) groups excluding carboxylic acids is 2. The molecule has 0 N–H and O–H groups in total. The molecule has 0 bridgehead atoms. The van der Waals surface area contributed by atoms with Crippen LogP contribution in [0.5, 0.6) is 10.9 Å². The molecule has 1 amide bonds. The van der Waals surface area contributed by atoms with Crippen LogP contribution in [0.25, 0.3) is 0 Å². The van der Waals surface area contributed by atoms with E-state index in [1.165, 1.54) is 11.3 Å². The van der Waals surface area contributed by atoms with E-state index >= 15 is 0 Å². The first-order valence-corrected chi connectivity index (χ1v) is 11.1. The van der Waals surface area contributed by atoms with Gasteiger partial charge in [0.05, 0.1) is 18.0 Å². The van der Waals surface area contributed by atoms with Gasteiger partial charge in [-0.3, -0.25) is 0 Å². The molecule has 0 spiro atoms. The number of aryl methyl sites for hydroxylation is 1. The number of hydrogen-bond acceptors (Lipinski definition) is 8. The first kappa shape index (κ1) is 22.9. The van der Waals surface area contributed by atoms with Gasteiger partial charge in [0.15, 0.2) is 5.75 Å². The van der Waals surface area contributed by atoms with Crippen LogP contribution in [-0.4, -0.2) is 60.3 Å². The number of carbonyl (C=O) groups is 2. The summed E-state index contributed by atoms with van der Waals surface area (Å²) in [6.07, 6.45) is -0.290. The van der Waals surface area contributed by atoms with E-state index in [-0.39, 0.29) is 12.1 Å². The number of aromatic nitrogens is 1. The third-order valence-corrected chi connectivity index (χ3v) is 5.59. The van der Waals surface area contributed by atoms with Crippen molar-refractivity contribution in [2.24, 2.45) is 0 Å². The van der Waals surface area contributed by atoms with Gasteiger partial charge in [-0.25, -0.2) is 14.6 Å². The van der Waals surface area contributed by atoms with E-state index < -0.39 is 5.60 Å². The number of ether oxygens (including phenoxy) is 3. The standard InChI is InChI=1S/C22H29N3O5S/c1-6-28-19(26)18-15(2)23-20(31-18)29-17-10-8-7-9-16(17)24-11-13-25(14-12-24)21(27)30-22(3,4)5/h7-10H,6,11-14H2,1-5H3. The predicted molar refractivity (Wildman–Crippen MR) is 119 cm³/mol. The Morgan fingerprint density at radius 2 is 1.81 bits per heavy atom. The lowest BCUT2D eigenvalue weighted by molar-refractivity contribution is 0.0240. The number of esters is 1. The van der Waals surface area contributed by atoms with E-state index in [0.717, 1.165) is 5.69 Å². The van der Waals surface area contributed by atoms with Crippen molar-refractivity contribution >= 4 is 29.1 Å². The number of piperazine rings is 1. The molecule has 2 aromatic rings. The smallest absolute Gasteiger partial charge is 0.410 e. The Labute approximate surface area is 186 Å². The highest BCUT2D eigenvalue weighted by Crippen LogP contribution is 2.35. The zero-order chi connectivity index (χ0) is 22.6. The van der Waals surface area contributed by atoms with E-state index in [0.29, 0.717) is 54.3 Å². The minimum absolute atomic E-state index is 0.290. The zero-order valence-electron chi connectivity index (χ0n) is 18.6. The van der Waals surface area contributed by atoms with Gasteiger partial charge in [-0.1, -0.05) is 23.5 Å².